The van der Waals surface area contributed by atoms with Crippen LogP contribution in [0.2, 0.25) is 0 Å². The summed E-state index contributed by atoms with van der Waals surface area (Å²) in [5.41, 5.74) is 0.606. The monoisotopic (exact) mass is 489 g/mol. The maximum absolute atomic E-state index is 12.8. The van der Waals surface area contributed by atoms with Crippen LogP contribution in [0.1, 0.15) is 23.1 Å². The normalized spacial score (nSPS) is 15.4. The quantitative estimate of drug-likeness (QED) is 0.552. The van der Waals surface area contributed by atoms with Gasteiger partial charge in [0, 0.05) is 17.6 Å². The van der Waals surface area contributed by atoms with Crippen molar-refractivity contribution in [3.05, 3.63) is 27.7 Å². The van der Waals surface area contributed by atoms with Crippen LogP contribution >= 0.6 is 27.3 Å². The lowest BCUT2D eigenvalue weighted by Gasteiger charge is -2.15. The summed E-state index contributed by atoms with van der Waals surface area (Å²) in [6.07, 6.45) is 1.85. The minimum Gasteiger partial charge on any atom is -0.384 e. The van der Waals surface area contributed by atoms with E-state index < -0.39 is 21.0 Å². The van der Waals surface area contributed by atoms with Gasteiger partial charge in [0.25, 0.3) is 0 Å². The van der Waals surface area contributed by atoms with Crippen LogP contribution < -0.4 is 10.6 Å². The molecule has 11 heteroatoms. The second-order valence-corrected chi connectivity index (χ2v) is 10.6. The first-order chi connectivity index (χ1) is 13.3. The number of halogens is 1. The second-order valence-electron chi connectivity index (χ2n) is 6.46. The molecule has 28 heavy (non-hydrogen) atoms. The summed E-state index contributed by atoms with van der Waals surface area (Å²) in [5, 5.41) is 3.86. The summed E-state index contributed by atoms with van der Waals surface area (Å²) in [7, 11) is -2.49. The zero-order chi connectivity index (χ0) is 20.3. The van der Waals surface area contributed by atoms with Crippen LogP contribution in [0.3, 0.4) is 0 Å². The number of carbonyl (C=O) groups is 2. The topological polar surface area (TPSA) is 114 Å². The van der Waals surface area contributed by atoms with Gasteiger partial charge in [0.1, 0.15) is 5.01 Å². The van der Waals surface area contributed by atoms with E-state index in [2.05, 4.69) is 31.5 Å². The van der Waals surface area contributed by atoms with Crippen molar-refractivity contribution >= 4 is 59.1 Å². The highest BCUT2D eigenvalue weighted by Crippen LogP contribution is 2.33. The van der Waals surface area contributed by atoms with Gasteiger partial charge in [-0.25, -0.2) is 13.4 Å². The minimum absolute atomic E-state index is 0.0370. The molecule has 152 valence electrons. The number of fused-ring (bicyclic) bond motifs is 1. The number of nitrogens with one attached hydrogen (secondary N) is 2. The predicted molar refractivity (Wildman–Crippen MR) is 110 cm³/mol. The largest absolute Gasteiger partial charge is 0.384 e. The van der Waals surface area contributed by atoms with Crippen LogP contribution in [-0.2, 0) is 24.2 Å². The van der Waals surface area contributed by atoms with E-state index in [0.29, 0.717) is 5.52 Å². The van der Waals surface area contributed by atoms with Crippen molar-refractivity contribution in [2.24, 2.45) is 0 Å². The van der Waals surface area contributed by atoms with Gasteiger partial charge in [0.15, 0.2) is 15.1 Å². The lowest BCUT2D eigenvalue weighted by molar-refractivity contribution is -0.126. The summed E-state index contributed by atoms with van der Waals surface area (Å²) < 4.78 is 32.1. The summed E-state index contributed by atoms with van der Waals surface area (Å²) in [5.74, 6) is -1.42. The molecule has 3 rings (SSSR count). The number of nitrogens with zero attached hydrogens (tertiary/aromatic N) is 1. The molecule has 0 bridgehead atoms. The first kappa shape index (κ1) is 21.2. The van der Waals surface area contributed by atoms with Gasteiger partial charge >= 0.3 is 0 Å². The molecular weight excluding hydrogens is 470 g/mol. The van der Waals surface area contributed by atoms with Crippen LogP contribution in [0.5, 0.6) is 0 Å². The fourth-order valence-electron chi connectivity index (χ4n) is 2.54. The first-order valence-corrected chi connectivity index (χ1v) is 12.0. The number of methoxy groups -OCH3 is 1. The van der Waals surface area contributed by atoms with E-state index in [0.717, 1.165) is 33.4 Å². The third-order valence-electron chi connectivity index (χ3n) is 4.13. The van der Waals surface area contributed by atoms with Gasteiger partial charge in [-0.1, -0.05) is 15.9 Å². The van der Waals surface area contributed by atoms with Crippen molar-refractivity contribution in [2.45, 2.75) is 24.1 Å². The first-order valence-electron chi connectivity index (χ1n) is 8.63. The van der Waals surface area contributed by atoms with Crippen molar-refractivity contribution in [1.82, 2.24) is 15.6 Å². The molecule has 1 heterocycles. The molecule has 1 aromatic carbocycles. The highest BCUT2D eigenvalue weighted by atomic mass is 79.9. The fraction of sp³-hybridized carbons (Fsp3) is 0.471. The predicted octanol–water partition coefficient (Wildman–Crippen LogP) is 1.56. The van der Waals surface area contributed by atoms with E-state index in [9.17, 15) is 18.0 Å². The zero-order valence-electron chi connectivity index (χ0n) is 15.1. The van der Waals surface area contributed by atoms with Crippen molar-refractivity contribution in [1.29, 1.82) is 0 Å². The molecule has 0 radical (unpaired) electrons. The Morgan fingerprint density at radius 1 is 1.39 bits per heavy atom. The van der Waals surface area contributed by atoms with Gasteiger partial charge in [0.05, 0.1) is 29.1 Å². The number of rotatable bonds is 9. The summed E-state index contributed by atoms with van der Waals surface area (Å²) >= 11 is 4.51. The van der Waals surface area contributed by atoms with E-state index in [1.807, 2.05) is 6.07 Å². The highest BCUT2D eigenvalue weighted by molar-refractivity contribution is 9.10. The standard InChI is InChI=1S/C17H20BrN3O5S2/c1-26-6-7-28(24,25)15(16(23)19-9-14(22)20-11-3-4-11)17-21-12-5-2-10(18)8-13(12)27-17/h2,5,8,11,15H,3-4,6-7,9H2,1H3,(H,19,23)(H,20,22). The minimum atomic E-state index is -3.89. The van der Waals surface area contributed by atoms with Crippen molar-refractivity contribution in [2.75, 3.05) is 26.0 Å². The van der Waals surface area contributed by atoms with Gasteiger partial charge in [-0.05, 0) is 31.0 Å². The number of hydrogen-bond donors (Lipinski definition) is 2. The second kappa shape index (κ2) is 8.85. The lowest BCUT2D eigenvalue weighted by atomic mass is 10.3. The average Bonchev–Trinajstić information content (AvgIpc) is 3.35. The molecule has 2 N–H and O–H groups in total. The molecule has 1 aromatic heterocycles. The molecule has 2 aromatic rings. The number of ether oxygens (including phenoxy) is 1. The van der Waals surface area contributed by atoms with E-state index >= 15 is 0 Å². The number of sulfone groups is 1. The van der Waals surface area contributed by atoms with Crippen LogP contribution in [0, 0.1) is 0 Å². The smallest absolute Gasteiger partial charge is 0.245 e. The number of hydrogen-bond acceptors (Lipinski definition) is 7. The Morgan fingerprint density at radius 3 is 2.82 bits per heavy atom. The fourth-order valence-corrected chi connectivity index (χ4v) is 6.03. The van der Waals surface area contributed by atoms with Crippen molar-refractivity contribution in [3.63, 3.8) is 0 Å². The van der Waals surface area contributed by atoms with Gasteiger partial charge in [-0.3, -0.25) is 9.59 Å². The number of thiazole rings is 1. The number of benzene rings is 1. The van der Waals surface area contributed by atoms with Gasteiger partial charge < -0.3 is 15.4 Å². The molecule has 1 aliphatic rings. The lowest BCUT2D eigenvalue weighted by Crippen LogP contribution is -2.41. The Kier molecular flexibility index (Phi) is 6.69. The van der Waals surface area contributed by atoms with Gasteiger partial charge in [-0.15, -0.1) is 11.3 Å². The molecule has 0 saturated heterocycles. The molecule has 1 aliphatic carbocycles. The Hall–Kier alpha value is -1.56. The molecule has 1 saturated carbocycles. The van der Waals surface area contributed by atoms with E-state index in [1.54, 1.807) is 12.1 Å². The molecule has 0 aliphatic heterocycles. The Balaban J connectivity index is 1.84. The van der Waals surface area contributed by atoms with E-state index in [1.165, 1.54) is 7.11 Å². The maximum Gasteiger partial charge on any atom is 0.245 e. The van der Waals surface area contributed by atoms with Crippen LogP contribution in [0.15, 0.2) is 22.7 Å². The molecule has 1 atom stereocenters. The van der Waals surface area contributed by atoms with Crippen molar-refractivity contribution in [3.8, 4) is 0 Å². The molecule has 0 spiro atoms. The Labute approximate surface area is 175 Å². The van der Waals surface area contributed by atoms with E-state index in [4.69, 9.17) is 4.74 Å². The van der Waals surface area contributed by atoms with Crippen molar-refractivity contribution < 1.29 is 22.7 Å². The molecule has 8 nitrogen and oxygen atoms in total. The number of aromatic nitrogens is 1. The molecular formula is C17H20BrN3O5S2. The van der Waals surface area contributed by atoms with Gasteiger partial charge in [0.2, 0.25) is 11.8 Å². The molecule has 1 fully saturated rings. The summed E-state index contributed by atoms with van der Waals surface area (Å²) in [6, 6.07) is 5.52. The van der Waals surface area contributed by atoms with Crippen LogP contribution in [0.25, 0.3) is 10.2 Å². The Morgan fingerprint density at radius 2 is 2.14 bits per heavy atom. The molecule has 1 unspecified atom stereocenters. The SMILES string of the molecule is COCCS(=O)(=O)C(C(=O)NCC(=O)NC1CC1)c1nc2ccc(Br)cc2s1. The van der Waals surface area contributed by atoms with Gasteiger partial charge in [-0.2, -0.15) is 0 Å². The third-order valence-corrected chi connectivity index (χ3v) is 7.74. The zero-order valence-corrected chi connectivity index (χ0v) is 18.3. The molecule has 2 amide bonds. The third kappa shape index (κ3) is 5.28. The highest BCUT2D eigenvalue weighted by Gasteiger charge is 2.37. The average molecular weight is 490 g/mol. The number of carbonyl (C=O) groups excluding carboxylic acids is 2. The van der Waals surface area contributed by atoms with Crippen LogP contribution in [0.4, 0.5) is 0 Å². The van der Waals surface area contributed by atoms with E-state index in [-0.39, 0.29) is 35.9 Å². The maximum atomic E-state index is 12.8. The number of amides is 2. The summed E-state index contributed by atoms with van der Waals surface area (Å²) in [6.45, 7) is -0.313. The Bertz CT molecular complexity index is 988. The summed E-state index contributed by atoms with van der Waals surface area (Å²) in [4.78, 5) is 28.9. The van der Waals surface area contributed by atoms with Crippen LogP contribution in [-0.4, -0.2) is 57.3 Å².